The van der Waals surface area contributed by atoms with E-state index in [1.807, 2.05) is 0 Å². The number of ether oxygens (including phenoxy) is 2. The standard InChI is InChI=1S/C39H70NO4/c1-6-8-10-12-14-16-18-20-22-24-26-28-38(41)43-32-37(40-35(4)30-34(3)31-36(40)5)33-44-39(42)29-27-25-23-21-19-17-15-13-11-9-7-2/h30-31,37H,6-29,32-33H2,1-5H3/q+1. The van der Waals surface area contributed by atoms with E-state index in [9.17, 15) is 9.59 Å². The molecule has 44 heavy (non-hydrogen) atoms. The van der Waals surface area contributed by atoms with Crippen molar-refractivity contribution in [2.24, 2.45) is 0 Å². The summed E-state index contributed by atoms with van der Waals surface area (Å²) in [4.78, 5) is 25.2. The zero-order valence-corrected chi connectivity index (χ0v) is 29.7. The molecule has 0 aromatic carbocycles. The molecule has 5 heteroatoms. The summed E-state index contributed by atoms with van der Waals surface area (Å²) < 4.78 is 13.6. The average Bonchev–Trinajstić information content (AvgIpc) is 2.99. The van der Waals surface area contributed by atoms with Crippen LogP contribution in [-0.2, 0) is 19.1 Å². The van der Waals surface area contributed by atoms with Gasteiger partial charge in [-0.05, 0) is 25.3 Å². The lowest BCUT2D eigenvalue weighted by atomic mass is 10.1. The average molecular weight is 617 g/mol. The van der Waals surface area contributed by atoms with Crippen LogP contribution >= 0.6 is 0 Å². The van der Waals surface area contributed by atoms with Crippen LogP contribution in [0.2, 0.25) is 0 Å². The van der Waals surface area contributed by atoms with Crippen LogP contribution in [0.4, 0.5) is 0 Å². The van der Waals surface area contributed by atoms with Crippen LogP contribution in [0.15, 0.2) is 12.1 Å². The number of unbranched alkanes of at least 4 members (excludes halogenated alkanes) is 20. The van der Waals surface area contributed by atoms with E-state index in [4.69, 9.17) is 9.47 Å². The lowest BCUT2D eigenvalue weighted by Gasteiger charge is -2.17. The van der Waals surface area contributed by atoms with Gasteiger partial charge in [-0.25, -0.2) is 0 Å². The second-order valence-electron chi connectivity index (χ2n) is 13.3. The van der Waals surface area contributed by atoms with E-state index in [2.05, 4.69) is 51.3 Å². The molecule has 0 fully saturated rings. The molecule has 5 nitrogen and oxygen atoms in total. The number of hydrogen-bond acceptors (Lipinski definition) is 4. The first kappa shape index (κ1) is 40.1. The van der Waals surface area contributed by atoms with Gasteiger partial charge < -0.3 is 9.47 Å². The zero-order valence-electron chi connectivity index (χ0n) is 29.7. The fourth-order valence-corrected chi connectivity index (χ4v) is 6.28. The summed E-state index contributed by atoms with van der Waals surface area (Å²) in [6.07, 6.45) is 28.6. The van der Waals surface area contributed by atoms with E-state index < -0.39 is 0 Å². The monoisotopic (exact) mass is 617 g/mol. The Morgan fingerprint density at radius 1 is 0.523 bits per heavy atom. The van der Waals surface area contributed by atoms with Crippen LogP contribution in [0.3, 0.4) is 0 Å². The number of pyridine rings is 1. The Kier molecular flexibility index (Phi) is 25.0. The minimum absolute atomic E-state index is 0.152. The van der Waals surface area contributed by atoms with Crippen molar-refractivity contribution < 1.29 is 23.6 Å². The number of aryl methyl sites for hydroxylation is 3. The first-order valence-electron chi connectivity index (χ1n) is 18.7. The molecule has 0 amide bonds. The van der Waals surface area contributed by atoms with Gasteiger partial charge in [-0.3, -0.25) is 9.59 Å². The molecular formula is C39H70NO4+. The molecule has 0 saturated heterocycles. The Morgan fingerprint density at radius 2 is 0.818 bits per heavy atom. The highest BCUT2D eigenvalue weighted by atomic mass is 16.5. The van der Waals surface area contributed by atoms with Gasteiger partial charge in [-0.1, -0.05) is 142 Å². The predicted octanol–water partition coefficient (Wildman–Crippen LogP) is 10.9. The smallest absolute Gasteiger partial charge is 0.306 e. The maximum absolute atomic E-state index is 12.6. The number of carbonyl (C=O) groups is 2. The van der Waals surface area contributed by atoms with E-state index >= 15 is 0 Å². The van der Waals surface area contributed by atoms with Crippen LogP contribution in [-0.4, -0.2) is 25.2 Å². The molecule has 1 rings (SSSR count). The second kappa shape index (κ2) is 27.4. The molecule has 1 heterocycles. The van der Waals surface area contributed by atoms with Gasteiger partial charge in [0.2, 0.25) is 6.04 Å². The summed E-state index contributed by atoms with van der Waals surface area (Å²) in [5.74, 6) is -0.303. The SMILES string of the molecule is CCCCCCCCCCCCCC(=O)OCC(COC(=O)CCCCCCCCCCCCC)[n+]1c(C)cc(C)cc1C. The molecule has 0 radical (unpaired) electrons. The number of rotatable bonds is 29. The summed E-state index contributed by atoms with van der Waals surface area (Å²) in [5.41, 5.74) is 3.35. The Bertz CT molecular complexity index is 803. The maximum Gasteiger partial charge on any atom is 0.306 e. The molecule has 0 spiro atoms. The Hall–Kier alpha value is -1.91. The quantitative estimate of drug-likeness (QED) is 0.0510. The van der Waals surface area contributed by atoms with E-state index in [1.54, 1.807) is 0 Å². The van der Waals surface area contributed by atoms with Crippen LogP contribution in [0.5, 0.6) is 0 Å². The number of esters is 2. The molecule has 0 N–H and O–H groups in total. The normalized spacial score (nSPS) is 11.3. The molecule has 254 valence electrons. The van der Waals surface area contributed by atoms with Gasteiger partial charge in [0.05, 0.1) is 0 Å². The van der Waals surface area contributed by atoms with Gasteiger partial charge >= 0.3 is 11.9 Å². The van der Waals surface area contributed by atoms with Crippen molar-refractivity contribution in [2.45, 2.75) is 195 Å². The minimum atomic E-state index is -0.224. The van der Waals surface area contributed by atoms with Crippen molar-refractivity contribution in [2.75, 3.05) is 13.2 Å². The topological polar surface area (TPSA) is 56.5 Å². The molecule has 0 unspecified atom stereocenters. The Balaban J connectivity index is 2.35. The molecule has 0 aliphatic heterocycles. The van der Waals surface area contributed by atoms with Gasteiger partial charge in [0.15, 0.2) is 24.6 Å². The number of nitrogens with zero attached hydrogens (tertiary/aromatic N) is 1. The van der Waals surface area contributed by atoms with E-state index in [0.717, 1.165) is 37.1 Å². The van der Waals surface area contributed by atoms with Crippen LogP contribution < -0.4 is 4.57 Å². The van der Waals surface area contributed by atoms with Crippen molar-refractivity contribution in [1.82, 2.24) is 0 Å². The number of aromatic nitrogens is 1. The second-order valence-corrected chi connectivity index (χ2v) is 13.3. The molecule has 0 aliphatic carbocycles. The maximum atomic E-state index is 12.6. The van der Waals surface area contributed by atoms with Gasteiger partial charge in [-0.15, -0.1) is 0 Å². The van der Waals surface area contributed by atoms with Crippen molar-refractivity contribution >= 4 is 11.9 Å². The third kappa shape index (κ3) is 20.9. The molecule has 0 aliphatic rings. The van der Waals surface area contributed by atoms with Crippen molar-refractivity contribution in [3.8, 4) is 0 Å². The Labute approximate surface area is 272 Å². The third-order valence-electron chi connectivity index (χ3n) is 8.84. The van der Waals surface area contributed by atoms with Crippen molar-refractivity contribution in [1.29, 1.82) is 0 Å². The highest BCUT2D eigenvalue weighted by molar-refractivity contribution is 5.69. The first-order chi connectivity index (χ1) is 21.4. The summed E-state index contributed by atoms with van der Waals surface area (Å²) in [6, 6.07) is 4.03. The summed E-state index contributed by atoms with van der Waals surface area (Å²) in [7, 11) is 0. The third-order valence-corrected chi connectivity index (χ3v) is 8.84. The van der Waals surface area contributed by atoms with Gasteiger partial charge in [0, 0.05) is 38.8 Å². The van der Waals surface area contributed by atoms with Gasteiger partial charge in [-0.2, -0.15) is 4.57 Å². The fourth-order valence-electron chi connectivity index (χ4n) is 6.28. The van der Waals surface area contributed by atoms with Gasteiger partial charge in [0.1, 0.15) is 0 Å². The number of hydrogen-bond donors (Lipinski definition) is 0. The molecule has 0 saturated carbocycles. The summed E-state index contributed by atoms with van der Waals surface area (Å²) in [5, 5.41) is 0. The molecule has 1 aromatic rings. The zero-order chi connectivity index (χ0) is 32.3. The van der Waals surface area contributed by atoms with Gasteiger partial charge in [0.25, 0.3) is 0 Å². The summed E-state index contributed by atoms with van der Waals surface area (Å²) >= 11 is 0. The van der Waals surface area contributed by atoms with Crippen LogP contribution in [0, 0.1) is 20.8 Å². The predicted molar refractivity (Wildman–Crippen MR) is 184 cm³/mol. The molecule has 0 atom stereocenters. The fraction of sp³-hybridized carbons (Fsp3) is 0.821. The molecule has 1 aromatic heterocycles. The van der Waals surface area contributed by atoms with Crippen molar-refractivity contribution in [3.05, 3.63) is 29.1 Å². The van der Waals surface area contributed by atoms with Crippen LogP contribution in [0.25, 0.3) is 0 Å². The van der Waals surface area contributed by atoms with Crippen molar-refractivity contribution in [3.63, 3.8) is 0 Å². The highest BCUT2D eigenvalue weighted by Crippen LogP contribution is 2.15. The minimum Gasteiger partial charge on any atom is -0.458 e. The lowest BCUT2D eigenvalue weighted by molar-refractivity contribution is -0.736. The van der Waals surface area contributed by atoms with E-state index in [0.29, 0.717) is 12.8 Å². The van der Waals surface area contributed by atoms with E-state index in [-0.39, 0.29) is 31.2 Å². The summed E-state index contributed by atoms with van der Waals surface area (Å²) in [6.45, 7) is 11.2. The number of carbonyl (C=O) groups excluding carboxylic acids is 2. The first-order valence-corrected chi connectivity index (χ1v) is 18.7. The van der Waals surface area contributed by atoms with Crippen LogP contribution in [0.1, 0.15) is 191 Å². The lowest BCUT2D eigenvalue weighted by Crippen LogP contribution is -2.50. The molecule has 0 bridgehead atoms. The van der Waals surface area contributed by atoms with E-state index in [1.165, 1.54) is 121 Å². The molecular weight excluding hydrogens is 546 g/mol. The Morgan fingerprint density at radius 3 is 1.14 bits per heavy atom. The largest absolute Gasteiger partial charge is 0.458 e. The highest BCUT2D eigenvalue weighted by Gasteiger charge is 2.27.